The highest BCUT2D eigenvalue weighted by Crippen LogP contribution is 2.27. The van der Waals surface area contributed by atoms with Gasteiger partial charge in [-0.2, -0.15) is 4.98 Å². The molecule has 1 unspecified atom stereocenters. The lowest BCUT2D eigenvalue weighted by Gasteiger charge is -2.05. The van der Waals surface area contributed by atoms with Gasteiger partial charge in [-0.3, -0.25) is 0 Å². The van der Waals surface area contributed by atoms with Crippen LogP contribution in [0, 0.1) is 13.8 Å². The zero-order valence-electron chi connectivity index (χ0n) is 11.8. The molecule has 0 bridgehead atoms. The third-order valence-electron chi connectivity index (χ3n) is 3.80. The maximum atomic E-state index is 9.80. The first-order chi connectivity index (χ1) is 9.63. The first kappa shape index (κ1) is 13.1. The Bertz CT molecular complexity index is 592. The minimum atomic E-state index is 0.327. The van der Waals surface area contributed by atoms with Gasteiger partial charge in [0.15, 0.2) is 0 Å². The van der Waals surface area contributed by atoms with Crippen molar-refractivity contribution in [3.63, 3.8) is 0 Å². The molecule has 106 valence electrons. The molecule has 0 saturated carbocycles. The highest BCUT2D eigenvalue weighted by molar-refractivity contribution is 5.60. The summed E-state index contributed by atoms with van der Waals surface area (Å²) >= 11 is 0. The van der Waals surface area contributed by atoms with Crippen molar-refractivity contribution >= 4 is 0 Å². The van der Waals surface area contributed by atoms with Gasteiger partial charge in [-0.15, -0.1) is 0 Å². The van der Waals surface area contributed by atoms with Crippen molar-refractivity contribution in [1.29, 1.82) is 0 Å². The molecule has 0 aliphatic carbocycles. The van der Waals surface area contributed by atoms with Crippen LogP contribution in [0.25, 0.3) is 11.4 Å². The molecule has 0 spiro atoms. The molecule has 3 rings (SSSR count). The van der Waals surface area contributed by atoms with Crippen molar-refractivity contribution in [2.75, 3.05) is 6.54 Å². The molecule has 1 aromatic heterocycles. The first-order valence-corrected chi connectivity index (χ1v) is 7.00. The van der Waals surface area contributed by atoms with Gasteiger partial charge in [0, 0.05) is 18.0 Å². The number of phenolic OH excluding ortho intramolecular Hbond substituents is 1. The van der Waals surface area contributed by atoms with Gasteiger partial charge in [0.05, 0.1) is 0 Å². The van der Waals surface area contributed by atoms with Crippen molar-refractivity contribution in [2.45, 2.75) is 39.2 Å². The van der Waals surface area contributed by atoms with E-state index >= 15 is 0 Å². The molecule has 2 aromatic rings. The second-order valence-electron chi connectivity index (χ2n) is 5.47. The van der Waals surface area contributed by atoms with Crippen molar-refractivity contribution in [3.05, 3.63) is 29.2 Å². The van der Waals surface area contributed by atoms with Crippen LogP contribution in [0.3, 0.4) is 0 Å². The lowest BCUT2D eigenvalue weighted by molar-refractivity contribution is 0.364. The first-order valence-electron chi connectivity index (χ1n) is 7.00. The maximum Gasteiger partial charge on any atom is 0.228 e. The summed E-state index contributed by atoms with van der Waals surface area (Å²) in [6.45, 7) is 4.81. The van der Waals surface area contributed by atoms with Gasteiger partial charge < -0.3 is 14.9 Å². The lowest BCUT2D eigenvalue weighted by atomic mass is 10.1. The van der Waals surface area contributed by atoms with Gasteiger partial charge in [0.1, 0.15) is 5.75 Å². The van der Waals surface area contributed by atoms with Crippen LogP contribution in [0.1, 0.15) is 29.9 Å². The topological polar surface area (TPSA) is 71.2 Å². The Morgan fingerprint density at radius 2 is 2.10 bits per heavy atom. The van der Waals surface area contributed by atoms with E-state index in [2.05, 4.69) is 15.5 Å². The number of nitrogens with one attached hydrogen (secondary N) is 1. The van der Waals surface area contributed by atoms with Gasteiger partial charge in [0.2, 0.25) is 11.7 Å². The van der Waals surface area contributed by atoms with Gasteiger partial charge >= 0.3 is 0 Å². The Morgan fingerprint density at radius 3 is 2.75 bits per heavy atom. The van der Waals surface area contributed by atoms with E-state index in [1.807, 2.05) is 26.0 Å². The SMILES string of the molecule is Cc1cc(-c2noc(CC3CCCN3)n2)cc(C)c1O. The van der Waals surface area contributed by atoms with Crippen LogP contribution < -0.4 is 5.32 Å². The fourth-order valence-electron chi connectivity index (χ4n) is 2.68. The number of phenols is 1. The van der Waals surface area contributed by atoms with Crippen molar-refractivity contribution in [2.24, 2.45) is 0 Å². The van der Waals surface area contributed by atoms with Crippen LogP contribution in [0.4, 0.5) is 0 Å². The molecule has 20 heavy (non-hydrogen) atoms. The van der Waals surface area contributed by atoms with E-state index in [9.17, 15) is 5.11 Å². The summed E-state index contributed by atoms with van der Waals surface area (Å²) < 4.78 is 5.33. The van der Waals surface area contributed by atoms with Gasteiger partial charge in [-0.05, 0) is 56.5 Å². The predicted octanol–water partition coefficient (Wildman–Crippen LogP) is 2.35. The highest BCUT2D eigenvalue weighted by atomic mass is 16.5. The lowest BCUT2D eigenvalue weighted by Crippen LogP contribution is -2.23. The molecular formula is C15H19N3O2. The summed E-state index contributed by atoms with van der Waals surface area (Å²) in [5.74, 6) is 1.58. The third kappa shape index (κ3) is 2.54. The summed E-state index contributed by atoms with van der Waals surface area (Å²) in [6.07, 6.45) is 3.15. The minimum absolute atomic E-state index is 0.327. The summed E-state index contributed by atoms with van der Waals surface area (Å²) in [7, 11) is 0. The number of nitrogens with zero attached hydrogens (tertiary/aromatic N) is 2. The molecular weight excluding hydrogens is 254 g/mol. The summed E-state index contributed by atoms with van der Waals surface area (Å²) in [6, 6.07) is 4.21. The molecule has 1 aliphatic rings. The van der Waals surface area contributed by atoms with E-state index in [0.29, 0.717) is 23.5 Å². The number of aromatic nitrogens is 2. The third-order valence-corrected chi connectivity index (χ3v) is 3.80. The van der Waals surface area contributed by atoms with E-state index in [1.54, 1.807) is 0 Å². The smallest absolute Gasteiger partial charge is 0.228 e. The van der Waals surface area contributed by atoms with Crippen LogP contribution in [0.5, 0.6) is 5.75 Å². The second-order valence-corrected chi connectivity index (χ2v) is 5.47. The maximum absolute atomic E-state index is 9.80. The largest absolute Gasteiger partial charge is 0.507 e. The highest BCUT2D eigenvalue weighted by Gasteiger charge is 2.18. The monoisotopic (exact) mass is 273 g/mol. The van der Waals surface area contributed by atoms with Crippen LogP contribution >= 0.6 is 0 Å². The molecule has 1 saturated heterocycles. The van der Waals surface area contributed by atoms with E-state index < -0.39 is 0 Å². The van der Waals surface area contributed by atoms with Crippen LogP contribution in [-0.4, -0.2) is 27.8 Å². The zero-order valence-corrected chi connectivity index (χ0v) is 11.8. The standard InChI is InChI=1S/C15H19N3O2/c1-9-6-11(7-10(2)14(9)19)15-17-13(20-18-15)8-12-4-3-5-16-12/h6-7,12,16,19H,3-5,8H2,1-2H3. The fourth-order valence-corrected chi connectivity index (χ4v) is 2.68. The summed E-state index contributed by atoms with van der Waals surface area (Å²) in [5.41, 5.74) is 2.53. The van der Waals surface area contributed by atoms with E-state index in [-0.39, 0.29) is 0 Å². The van der Waals surface area contributed by atoms with Crippen LogP contribution in [0.15, 0.2) is 16.7 Å². The Morgan fingerprint density at radius 1 is 1.35 bits per heavy atom. The molecule has 1 atom stereocenters. The molecule has 2 N–H and O–H groups in total. The normalized spacial score (nSPS) is 18.6. The number of rotatable bonds is 3. The second kappa shape index (κ2) is 5.25. The van der Waals surface area contributed by atoms with Crippen molar-refractivity contribution in [1.82, 2.24) is 15.5 Å². The Kier molecular flexibility index (Phi) is 3.44. The Labute approximate surface area is 118 Å². The van der Waals surface area contributed by atoms with Gasteiger partial charge in [-0.1, -0.05) is 5.16 Å². The van der Waals surface area contributed by atoms with E-state index in [4.69, 9.17) is 4.52 Å². The van der Waals surface area contributed by atoms with E-state index in [1.165, 1.54) is 6.42 Å². The molecule has 0 amide bonds. The fraction of sp³-hybridized carbons (Fsp3) is 0.467. The number of hydrogen-bond acceptors (Lipinski definition) is 5. The molecule has 1 fully saturated rings. The van der Waals surface area contributed by atoms with Crippen LogP contribution in [0.2, 0.25) is 0 Å². The average Bonchev–Trinajstić information content (AvgIpc) is 3.07. The Balaban J connectivity index is 1.82. The number of aryl methyl sites for hydroxylation is 2. The van der Waals surface area contributed by atoms with Crippen LogP contribution in [-0.2, 0) is 6.42 Å². The summed E-state index contributed by atoms with van der Waals surface area (Å²) in [5, 5.41) is 17.3. The zero-order chi connectivity index (χ0) is 14.1. The predicted molar refractivity (Wildman–Crippen MR) is 75.6 cm³/mol. The molecule has 1 aliphatic heterocycles. The quantitative estimate of drug-likeness (QED) is 0.898. The number of aromatic hydroxyl groups is 1. The van der Waals surface area contributed by atoms with Gasteiger partial charge in [-0.25, -0.2) is 0 Å². The number of benzene rings is 1. The summed E-state index contributed by atoms with van der Waals surface area (Å²) in [4.78, 5) is 4.46. The Hall–Kier alpha value is -1.88. The van der Waals surface area contributed by atoms with Gasteiger partial charge in [0.25, 0.3) is 0 Å². The van der Waals surface area contributed by atoms with Crippen molar-refractivity contribution < 1.29 is 9.63 Å². The van der Waals surface area contributed by atoms with E-state index in [0.717, 1.165) is 36.1 Å². The molecule has 2 heterocycles. The molecule has 5 heteroatoms. The molecule has 0 radical (unpaired) electrons. The van der Waals surface area contributed by atoms with Crippen molar-refractivity contribution in [3.8, 4) is 17.1 Å². The average molecular weight is 273 g/mol. The minimum Gasteiger partial charge on any atom is -0.507 e. The number of hydrogen-bond donors (Lipinski definition) is 2. The molecule has 1 aromatic carbocycles. The molecule has 5 nitrogen and oxygen atoms in total.